The number of alkyl halides is 2. The van der Waals surface area contributed by atoms with Crippen molar-refractivity contribution in [3.8, 4) is 0 Å². The van der Waals surface area contributed by atoms with Crippen molar-refractivity contribution >= 4 is 39.9 Å². The average molecular weight is 333 g/mol. The molecule has 1 aromatic rings. The Labute approximate surface area is 96.3 Å². The zero-order valence-corrected chi connectivity index (χ0v) is 9.42. The van der Waals surface area contributed by atoms with E-state index in [0.29, 0.717) is 0 Å². The van der Waals surface area contributed by atoms with Crippen molar-refractivity contribution in [3.05, 3.63) is 36.4 Å². The van der Waals surface area contributed by atoms with Crippen LogP contribution in [-0.2, 0) is 0 Å². The first kappa shape index (κ1) is 11.6. The Morgan fingerprint density at radius 1 is 1.50 bits per heavy atom. The predicted octanol–water partition coefficient (Wildman–Crippen LogP) is 3.79. The first-order valence-electron chi connectivity index (χ1n) is 3.35. The van der Waals surface area contributed by atoms with Gasteiger partial charge in [0.05, 0.1) is 8.49 Å². The van der Waals surface area contributed by atoms with Gasteiger partial charge in [-0.2, -0.15) is 0 Å². The molecule has 0 aliphatic heterocycles. The zero-order valence-electron chi connectivity index (χ0n) is 6.51. The topological polar surface area (TPSA) is 43.1 Å². The average Bonchev–Trinajstić information content (AvgIpc) is 2.07. The van der Waals surface area contributed by atoms with Gasteiger partial charge in [-0.1, -0.05) is 11.6 Å². The predicted molar refractivity (Wildman–Crippen MR) is 55.8 cm³/mol. The minimum Gasteiger partial charge on any atom is -0.258 e. The Hall–Kier alpha value is -0.500. The van der Waals surface area contributed by atoms with E-state index in [4.69, 9.17) is 11.6 Å². The first-order valence-corrected chi connectivity index (χ1v) is 4.80. The summed E-state index contributed by atoms with van der Waals surface area (Å²) in [7, 11) is 0. The lowest BCUT2D eigenvalue weighted by atomic mass is 10.2. The lowest BCUT2D eigenvalue weighted by Gasteiger charge is -2.04. The molecule has 0 spiro atoms. The van der Waals surface area contributed by atoms with E-state index in [0.717, 1.165) is 12.1 Å². The number of hydrogen-bond donors (Lipinski definition) is 0. The Balaban J connectivity index is 3.40. The molecule has 7 heteroatoms. The van der Waals surface area contributed by atoms with E-state index in [1.54, 1.807) is 0 Å². The summed E-state index contributed by atoms with van der Waals surface area (Å²) in [6.07, 6.45) is -2.76. The van der Waals surface area contributed by atoms with Gasteiger partial charge in [-0.05, 0) is 28.7 Å². The van der Waals surface area contributed by atoms with E-state index in [2.05, 4.69) is 0 Å². The molecular formula is C7H3ClF2INO2. The number of rotatable bonds is 2. The molecule has 0 aliphatic rings. The maximum Gasteiger partial charge on any atom is 0.284 e. The molecule has 1 aromatic carbocycles. The third-order valence-corrected chi connectivity index (χ3v) is 2.87. The summed E-state index contributed by atoms with van der Waals surface area (Å²) in [4.78, 5) is 9.71. The van der Waals surface area contributed by atoms with Gasteiger partial charge in [0.2, 0.25) is 0 Å². The summed E-state index contributed by atoms with van der Waals surface area (Å²) in [5, 5.41) is 10.4. The smallest absolute Gasteiger partial charge is 0.258 e. The number of benzene rings is 1. The summed E-state index contributed by atoms with van der Waals surface area (Å²) in [5.74, 6) is 0. The summed E-state index contributed by atoms with van der Waals surface area (Å²) in [5.41, 5.74) is -0.807. The van der Waals surface area contributed by atoms with Crippen LogP contribution in [0.1, 0.15) is 12.0 Å². The second kappa shape index (κ2) is 4.35. The molecule has 0 bridgehead atoms. The van der Waals surface area contributed by atoms with Crippen molar-refractivity contribution in [2.75, 3.05) is 0 Å². The molecule has 14 heavy (non-hydrogen) atoms. The Morgan fingerprint density at radius 3 is 2.50 bits per heavy atom. The molecule has 0 unspecified atom stereocenters. The van der Waals surface area contributed by atoms with Crippen molar-refractivity contribution in [1.29, 1.82) is 0 Å². The third kappa shape index (κ3) is 2.30. The zero-order chi connectivity index (χ0) is 10.9. The highest BCUT2D eigenvalue weighted by molar-refractivity contribution is 14.1. The molecule has 0 atom stereocenters. The van der Waals surface area contributed by atoms with Gasteiger partial charge in [0.25, 0.3) is 12.1 Å². The van der Waals surface area contributed by atoms with Crippen LogP contribution in [0.5, 0.6) is 0 Å². The van der Waals surface area contributed by atoms with Gasteiger partial charge in [0.1, 0.15) is 0 Å². The van der Waals surface area contributed by atoms with E-state index < -0.39 is 22.6 Å². The van der Waals surface area contributed by atoms with Gasteiger partial charge < -0.3 is 0 Å². The number of nitrogens with zero attached hydrogens (tertiary/aromatic N) is 1. The second-order valence-electron chi connectivity index (χ2n) is 2.39. The van der Waals surface area contributed by atoms with Crippen molar-refractivity contribution in [3.63, 3.8) is 0 Å². The lowest BCUT2D eigenvalue weighted by Crippen LogP contribution is -1.97. The summed E-state index contributed by atoms with van der Waals surface area (Å²) in [6, 6.07) is 2.08. The SMILES string of the molecule is O=[N+]([O-])c1cc(Cl)cc(C(F)F)c1I. The summed E-state index contributed by atoms with van der Waals surface area (Å²) in [6.45, 7) is 0. The molecule has 0 saturated heterocycles. The largest absolute Gasteiger partial charge is 0.284 e. The first-order chi connectivity index (χ1) is 6.43. The van der Waals surface area contributed by atoms with Crippen LogP contribution in [0.25, 0.3) is 0 Å². The molecule has 0 radical (unpaired) electrons. The molecule has 1 rings (SSSR count). The number of hydrogen-bond acceptors (Lipinski definition) is 2. The molecule has 76 valence electrons. The van der Waals surface area contributed by atoms with Crippen LogP contribution in [0.3, 0.4) is 0 Å². The monoisotopic (exact) mass is 333 g/mol. The standard InChI is InChI=1S/C7H3ClF2INO2/c8-3-1-4(7(9)10)6(11)5(2-3)12(13)14/h1-2,7H. The highest BCUT2D eigenvalue weighted by Gasteiger charge is 2.21. The molecule has 0 aliphatic carbocycles. The molecule has 0 saturated carbocycles. The highest BCUT2D eigenvalue weighted by atomic mass is 127. The molecular weight excluding hydrogens is 330 g/mol. The van der Waals surface area contributed by atoms with E-state index in [1.165, 1.54) is 22.6 Å². The maximum absolute atomic E-state index is 12.4. The van der Waals surface area contributed by atoms with Gasteiger partial charge in [-0.15, -0.1) is 0 Å². The number of halogens is 4. The molecule has 0 amide bonds. The normalized spacial score (nSPS) is 10.6. The van der Waals surface area contributed by atoms with Crippen LogP contribution >= 0.6 is 34.2 Å². The molecule has 0 heterocycles. The lowest BCUT2D eigenvalue weighted by molar-refractivity contribution is -0.385. The van der Waals surface area contributed by atoms with Crippen LogP contribution in [0.15, 0.2) is 12.1 Å². The minimum atomic E-state index is -2.76. The van der Waals surface area contributed by atoms with Gasteiger partial charge in [-0.25, -0.2) is 8.78 Å². The van der Waals surface area contributed by atoms with Gasteiger partial charge in [0.15, 0.2) is 0 Å². The van der Waals surface area contributed by atoms with Crippen LogP contribution in [0.2, 0.25) is 5.02 Å². The highest BCUT2D eigenvalue weighted by Crippen LogP contribution is 2.33. The molecule has 0 aromatic heterocycles. The summed E-state index contributed by atoms with van der Waals surface area (Å²) < 4.78 is 24.7. The molecule has 3 nitrogen and oxygen atoms in total. The van der Waals surface area contributed by atoms with E-state index >= 15 is 0 Å². The number of nitro benzene ring substituents is 1. The third-order valence-electron chi connectivity index (χ3n) is 1.48. The minimum absolute atomic E-state index is 0.0626. The Kier molecular flexibility index (Phi) is 3.59. The van der Waals surface area contributed by atoms with Gasteiger partial charge in [0, 0.05) is 16.7 Å². The fourth-order valence-electron chi connectivity index (χ4n) is 0.887. The van der Waals surface area contributed by atoms with Crippen molar-refractivity contribution < 1.29 is 13.7 Å². The fraction of sp³-hybridized carbons (Fsp3) is 0.143. The van der Waals surface area contributed by atoms with Crippen LogP contribution in [-0.4, -0.2) is 4.92 Å². The van der Waals surface area contributed by atoms with Crippen molar-refractivity contribution in [2.45, 2.75) is 6.43 Å². The van der Waals surface area contributed by atoms with Gasteiger partial charge in [-0.3, -0.25) is 10.1 Å². The van der Waals surface area contributed by atoms with E-state index in [1.807, 2.05) is 0 Å². The quantitative estimate of drug-likeness (QED) is 0.469. The van der Waals surface area contributed by atoms with E-state index in [9.17, 15) is 18.9 Å². The molecule has 0 N–H and O–H groups in total. The van der Waals surface area contributed by atoms with Crippen LogP contribution in [0, 0.1) is 13.7 Å². The second-order valence-corrected chi connectivity index (χ2v) is 3.90. The van der Waals surface area contributed by atoms with Gasteiger partial charge >= 0.3 is 0 Å². The number of nitro groups is 1. The van der Waals surface area contributed by atoms with E-state index in [-0.39, 0.29) is 8.59 Å². The molecule has 0 fully saturated rings. The fourth-order valence-corrected chi connectivity index (χ4v) is 1.85. The van der Waals surface area contributed by atoms with Crippen molar-refractivity contribution in [2.24, 2.45) is 0 Å². The Bertz CT molecular complexity index is 386. The van der Waals surface area contributed by atoms with Crippen molar-refractivity contribution in [1.82, 2.24) is 0 Å². The maximum atomic E-state index is 12.4. The van der Waals surface area contributed by atoms with Crippen LogP contribution < -0.4 is 0 Å². The van der Waals surface area contributed by atoms with Crippen LogP contribution in [0.4, 0.5) is 14.5 Å². The Morgan fingerprint density at radius 2 is 2.07 bits per heavy atom. The summed E-state index contributed by atoms with van der Waals surface area (Å²) >= 11 is 6.98.